The van der Waals surface area contributed by atoms with Crippen LogP contribution in [0, 0.1) is 6.92 Å². The molecule has 22 heavy (non-hydrogen) atoms. The van der Waals surface area contributed by atoms with Gasteiger partial charge < -0.3 is 14.4 Å². The first-order chi connectivity index (χ1) is 10.6. The van der Waals surface area contributed by atoms with Crippen LogP contribution in [-0.4, -0.2) is 58.5 Å². The molecule has 0 saturated carbocycles. The number of hydrogen-bond donors (Lipinski definition) is 0. The fraction of sp³-hybridized carbons (Fsp3) is 0.412. The van der Waals surface area contributed by atoms with Gasteiger partial charge in [0.1, 0.15) is 0 Å². The number of hydrogen-bond acceptors (Lipinski definition) is 3. The van der Waals surface area contributed by atoms with E-state index in [0.717, 1.165) is 26.2 Å². The number of aryl methyl sites for hydroxylation is 1. The smallest absolute Gasteiger partial charge is 0.289 e. The highest BCUT2D eigenvalue weighted by Crippen LogP contribution is 2.11. The molecule has 1 amide bonds. The third-order valence-corrected chi connectivity index (χ3v) is 4.17. The number of carbonyl (C=O) groups is 1. The second-order valence-corrected chi connectivity index (χ2v) is 5.96. The quantitative estimate of drug-likeness (QED) is 0.865. The first kappa shape index (κ1) is 14.8. The molecule has 1 fully saturated rings. The van der Waals surface area contributed by atoms with Crippen LogP contribution < -0.4 is 0 Å². The second kappa shape index (κ2) is 6.32. The number of amides is 1. The lowest BCUT2D eigenvalue weighted by Crippen LogP contribution is -2.47. The Hall–Kier alpha value is -2.14. The predicted octanol–water partition coefficient (Wildman–Crippen LogP) is 1.63. The monoisotopic (exact) mass is 298 g/mol. The van der Waals surface area contributed by atoms with Gasteiger partial charge in [-0.3, -0.25) is 4.79 Å². The number of aromatic nitrogens is 2. The van der Waals surface area contributed by atoms with Gasteiger partial charge in [-0.2, -0.15) is 0 Å². The predicted molar refractivity (Wildman–Crippen MR) is 85.9 cm³/mol. The van der Waals surface area contributed by atoms with Crippen molar-refractivity contribution in [2.24, 2.45) is 0 Å². The van der Waals surface area contributed by atoms with Crippen LogP contribution in [0.4, 0.5) is 0 Å². The molecule has 3 rings (SSSR count). The van der Waals surface area contributed by atoms with Crippen molar-refractivity contribution >= 4 is 5.91 Å². The van der Waals surface area contributed by atoms with Crippen molar-refractivity contribution in [1.29, 1.82) is 0 Å². The first-order valence-electron chi connectivity index (χ1n) is 7.68. The molecule has 5 heteroatoms. The number of rotatable bonds is 3. The molecule has 0 unspecified atom stereocenters. The molecule has 2 aromatic rings. The van der Waals surface area contributed by atoms with E-state index in [2.05, 4.69) is 48.1 Å². The number of benzene rings is 1. The minimum Gasteiger partial charge on any atom is -0.333 e. The van der Waals surface area contributed by atoms with E-state index in [1.807, 2.05) is 15.7 Å². The van der Waals surface area contributed by atoms with Gasteiger partial charge in [0.25, 0.3) is 5.91 Å². The highest BCUT2D eigenvalue weighted by molar-refractivity contribution is 5.91. The Kier molecular flexibility index (Phi) is 4.24. The van der Waals surface area contributed by atoms with Crippen molar-refractivity contribution in [2.75, 3.05) is 33.2 Å². The van der Waals surface area contributed by atoms with Crippen LogP contribution in [0.1, 0.15) is 21.7 Å². The maximum atomic E-state index is 12.7. The van der Waals surface area contributed by atoms with Gasteiger partial charge in [0.15, 0.2) is 5.82 Å². The fourth-order valence-corrected chi connectivity index (χ4v) is 2.68. The van der Waals surface area contributed by atoms with Gasteiger partial charge in [-0.15, -0.1) is 0 Å². The number of imidazole rings is 1. The first-order valence-corrected chi connectivity index (χ1v) is 7.68. The Bertz CT molecular complexity index is 639. The Labute approximate surface area is 131 Å². The average Bonchev–Trinajstić information content (AvgIpc) is 2.98. The molecule has 1 aliphatic rings. The van der Waals surface area contributed by atoms with Crippen molar-refractivity contribution < 1.29 is 4.79 Å². The molecule has 0 aliphatic carbocycles. The summed E-state index contributed by atoms with van der Waals surface area (Å²) >= 11 is 0. The van der Waals surface area contributed by atoms with Crippen LogP contribution in [-0.2, 0) is 6.54 Å². The molecular formula is C17H22N4O. The minimum atomic E-state index is 0.0326. The van der Waals surface area contributed by atoms with Gasteiger partial charge in [-0.25, -0.2) is 4.98 Å². The summed E-state index contributed by atoms with van der Waals surface area (Å²) in [7, 11) is 2.08. The van der Waals surface area contributed by atoms with Gasteiger partial charge in [0, 0.05) is 45.1 Å². The van der Waals surface area contributed by atoms with Crippen molar-refractivity contribution in [2.45, 2.75) is 13.5 Å². The Morgan fingerprint density at radius 1 is 1.14 bits per heavy atom. The van der Waals surface area contributed by atoms with Crippen molar-refractivity contribution in [3.8, 4) is 0 Å². The van der Waals surface area contributed by atoms with Crippen LogP contribution in [0.25, 0.3) is 0 Å². The molecule has 2 heterocycles. The van der Waals surface area contributed by atoms with Crippen LogP contribution >= 0.6 is 0 Å². The van der Waals surface area contributed by atoms with Crippen LogP contribution in [0.15, 0.2) is 36.7 Å². The van der Waals surface area contributed by atoms with Crippen molar-refractivity contribution in [3.63, 3.8) is 0 Å². The summed E-state index contributed by atoms with van der Waals surface area (Å²) in [5.74, 6) is 0.565. The van der Waals surface area contributed by atoms with E-state index in [0.29, 0.717) is 12.4 Å². The largest absolute Gasteiger partial charge is 0.333 e. The lowest BCUT2D eigenvalue weighted by atomic mass is 10.1. The van der Waals surface area contributed by atoms with Gasteiger partial charge >= 0.3 is 0 Å². The van der Waals surface area contributed by atoms with Crippen molar-refractivity contribution in [3.05, 3.63) is 53.6 Å². The summed E-state index contributed by atoms with van der Waals surface area (Å²) in [6.07, 6.45) is 3.58. The summed E-state index contributed by atoms with van der Waals surface area (Å²) in [5.41, 5.74) is 2.42. The van der Waals surface area contributed by atoms with Gasteiger partial charge in [0.05, 0.1) is 0 Å². The Morgan fingerprint density at radius 2 is 1.82 bits per heavy atom. The summed E-state index contributed by atoms with van der Waals surface area (Å²) < 4.78 is 1.94. The lowest BCUT2D eigenvalue weighted by Gasteiger charge is -2.32. The SMILES string of the molecule is Cc1ccc(Cn2ccnc2C(=O)N2CCN(C)CC2)cc1. The van der Waals surface area contributed by atoms with Gasteiger partial charge in [-0.1, -0.05) is 29.8 Å². The molecule has 0 spiro atoms. The molecule has 5 nitrogen and oxygen atoms in total. The molecule has 1 saturated heterocycles. The van der Waals surface area contributed by atoms with E-state index >= 15 is 0 Å². The van der Waals surface area contributed by atoms with E-state index in [1.165, 1.54) is 11.1 Å². The zero-order chi connectivity index (χ0) is 15.5. The molecule has 0 bridgehead atoms. The third-order valence-electron chi connectivity index (χ3n) is 4.17. The van der Waals surface area contributed by atoms with Crippen LogP contribution in [0.3, 0.4) is 0 Å². The normalized spacial score (nSPS) is 16.0. The van der Waals surface area contributed by atoms with E-state index in [-0.39, 0.29) is 5.91 Å². The Morgan fingerprint density at radius 3 is 2.50 bits per heavy atom. The van der Waals surface area contributed by atoms with Gasteiger partial charge in [-0.05, 0) is 19.5 Å². The number of carbonyl (C=O) groups excluding carboxylic acids is 1. The molecule has 116 valence electrons. The molecule has 0 atom stereocenters. The molecule has 1 aromatic carbocycles. The van der Waals surface area contributed by atoms with Gasteiger partial charge in [0.2, 0.25) is 0 Å². The third kappa shape index (κ3) is 3.20. The van der Waals surface area contributed by atoms with E-state index in [4.69, 9.17) is 0 Å². The maximum Gasteiger partial charge on any atom is 0.289 e. The highest BCUT2D eigenvalue weighted by atomic mass is 16.2. The molecule has 1 aromatic heterocycles. The summed E-state index contributed by atoms with van der Waals surface area (Å²) in [4.78, 5) is 21.1. The van der Waals surface area contributed by atoms with Crippen LogP contribution in [0.2, 0.25) is 0 Å². The molecular weight excluding hydrogens is 276 g/mol. The molecule has 0 N–H and O–H groups in total. The lowest BCUT2D eigenvalue weighted by molar-refractivity contribution is 0.0647. The highest BCUT2D eigenvalue weighted by Gasteiger charge is 2.23. The average molecular weight is 298 g/mol. The molecule has 1 aliphatic heterocycles. The minimum absolute atomic E-state index is 0.0326. The standard InChI is InChI=1S/C17H22N4O/c1-14-3-5-15(6-4-14)13-21-8-7-18-16(21)17(22)20-11-9-19(2)10-12-20/h3-8H,9-13H2,1-2H3. The fourth-order valence-electron chi connectivity index (χ4n) is 2.68. The zero-order valence-electron chi connectivity index (χ0n) is 13.2. The topological polar surface area (TPSA) is 41.4 Å². The van der Waals surface area contributed by atoms with Crippen molar-refractivity contribution in [1.82, 2.24) is 19.4 Å². The second-order valence-electron chi connectivity index (χ2n) is 5.96. The zero-order valence-corrected chi connectivity index (χ0v) is 13.2. The number of piperazine rings is 1. The Balaban J connectivity index is 1.74. The molecule has 0 radical (unpaired) electrons. The van der Waals surface area contributed by atoms with E-state index < -0.39 is 0 Å². The summed E-state index contributed by atoms with van der Waals surface area (Å²) in [5, 5.41) is 0. The van der Waals surface area contributed by atoms with E-state index in [1.54, 1.807) is 6.20 Å². The van der Waals surface area contributed by atoms with Crippen LogP contribution in [0.5, 0.6) is 0 Å². The summed E-state index contributed by atoms with van der Waals surface area (Å²) in [6, 6.07) is 8.38. The van der Waals surface area contributed by atoms with E-state index in [9.17, 15) is 4.79 Å². The maximum absolute atomic E-state index is 12.7. The summed E-state index contributed by atoms with van der Waals surface area (Å²) in [6.45, 7) is 6.13. The number of likely N-dealkylation sites (N-methyl/N-ethyl adjacent to an activating group) is 1. The number of nitrogens with zero attached hydrogens (tertiary/aromatic N) is 4.